The van der Waals surface area contributed by atoms with Crippen molar-refractivity contribution in [2.45, 2.75) is 0 Å². The predicted molar refractivity (Wildman–Crippen MR) is 208 cm³/mol. The van der Waals surface area contributed by atoms with Crippen LogP contribution >= 0.6 is 0 Å². The zero-order chi connectivity index (χ0) is 32.8. The van der Waals surface area contributed by atoms with Crippen molar-refractivity contribution >= 4 is 93.5 Å². The van der Waals surface area contributed by atoms with Crippen molar-refractivity contribution in [3.05, 3.63) is 170 Å². The Morgan fingerprint density at radius 2 is 1.04 bits per heavy atom. The summed E-state index contributed by atoms with van der Waals surface area (Å²) in [6.45, 7) is 0. The van der Waals surface area contributed by atoms with Gasteiger partial charge in [0.05, 0.1) is 28.1 Å². The molecule has 0 N–H and O–H groups in total. The maximum Gasteiger partial charge on any atom is 0.159 e. The molecule has 3 aromatic heterocycles. The number of furan rings is 2. The minimum Gasteiger partial charge on any atom is -0.456 e. The van der Waals surface area contributed by atoms with E-state index in [2.05, 4.69) is 155 Å². The smallest absolute Gasteiger partial charge is 0.159 e. The summed E-state index contributed by atoms with van der Waals surface area (Å²) in [6, 6.07) is 60.1. The molecule has 3 heterocycles. The Morgan fingerprint density at radius 3 is 1.88 bits per heavy atom. The summed E-state index contributed by atoms with van der Waals surface area (Å²) in [7, 11) is 0. The van der Waals surface area contributed by atoms with Crippen molar-refractivity contribution < 1.29 is 8.83 Å². The first-order valence-electron chi connectivity index (χ1n) is 16.9. The van der Waals surface area contributed by atoms with Crippen molar-refractivity contribution in [1.29, 1.82) is 0 Å². The molecule has 0 atom stereocenters. The fraction of sp³-hybridized carbons (Fsp3) is 0. The normalized spacial score (nSPS) is 12.0. The lowest BCUT2D eigenvalue weighted by atomic mass is 10.0. The maximum atomic E-state index is 6.70. The van der Waals surface area contributed by atoms with Crippen LogP contribution in [0, 0.1) is 0 Å². The van der Waals surface area contributed by atoms with Crippen LogP contribution in [0.15, 0.2) is 179 Å². The highest BCUT2D eigenvalue weighted by Gasteiger charge is 2.25. The van der Waals surface area contributed by atoms with Gasteiger partial charge in [-0.15, -0.1) is 0 Å². The molecule has 0 unspecified atom stereocenters. The summed E-state index contributed by atoms with van der Waals surface area (Å²) >= 11 is 0. The number of anilines is 3. The van der Waals surface area contributed by atoms with Gasteiger partial charge in [0, 0.05) is 44.1 Å². The highest BCUT2D eigenvalue weighted by atomic mass is 16.3. The Labute approximate surface area is 286 Å². The number of aromatic nitrogens is 1. The maximum absolute atomic E-state index is 6.70. The SMILES string of the molecule is c1ccc(-n2c3cc4ccccc4cc3c3c(N(c4ccc5c(c4)oc4ccccc45)c4cccc5c4oc4ccccc45)cccc32)cc1. The van der Waals surface area contributed by atoms with E-state index >= 15 is 0 Å². The standard InChI is InChI=1S/C46H28N2O2/c1-2-14-31(15-3-1)47-38-19-11-20-39(45(38)37-26-29-12-4-5-13-30(29)27-41(37)47)48(32-24-25-35-33-16-6-8-22-42(33)49-44(35)28-32)40-21-10-18-36-34-17-7-9-23-43(34)50-46(36)40/h1-28H. The molecule has 11 aromatic rings. The first-order valence-corrected chi connectivity index (χ1v) is 16.9. The second kappa shape index (κ2) is 10.4. The number of fused-ring (bicyclic) bond motifs is 10. The van der Waals surface area contributed by atoms with E-state index in [9.17, 15) is 0 Å². The molecule has 50 heavy (non-hydrogen) atoms. The molecule has 0 bridgehead atoms. The molecule has 234 valence electrons. The molecular formula is C46H28N2O2. The first kappa shape index (κ1) is 27.2. The van der Waals surface area contributed by atoms with Gasteiger partial charge < -0.3 is 18.3 Å². The van der Waals surface area contributed by atoms with Crippen LogP contribution in [0.2, 0.25) is 0 Å². The van der Waals surface area contributed by atoms with Crippen molar-refractivity contribution in [2.24, 2.45) is 0 Å². The number of rotatable bonds is 4. The van der Waals surface area contributed by atoms with Crippen molar-refractivity contribution in [3.63, 3.8) is 0 Å². The van der Waals surface area contributed by atoms with E-state index in [-0.39, 0.29) is 0 Å². The van der Waals surface area contributed by atoms with E-state index < -0.39 is 0 Å². The van der Waals surface area contributed by atoms with E-state index in [0.29, 0.717) is 0 Å². The summed E-state index contributed by atoms with van der Waals surface area (Å²) in [6.07, 6.45) is 0. The van der Waals surface area contributed by atoms with Crippen molar-refractivity contribution in [1.82, 2.24) is 4.57 Å². The molecule has 0 radical (unpaired) electrons. The highest BCUT2D eigenvalue weighted by molar-refractivity contribution is 6.20. The number of nitrogens with zero attached hydrogens (tertiary/aromatic N) is 2. The van der Waals surface area contributed by atoms with Gasteiger partial charge in [-0.3, -0.25) is 0 Å². The first-order chi connectivity index (χ1) is 24.8. The lowest BCUT2D eigenvalue weighted by Crippen LogP contribution is -2.10. The Balaban J connectivity index is 1.28. The van der Waals surface area contributed by atoms with Gasteiger partial charge in [0.1, 0.15) is 16.7 Å². The second-order valence-electron chi connectivity index (χ2n) is 12.9. The topological polar surface area (TPSA) is 34.5 Å². The minimum absolute atomic E-state index is 0.840. The van der Waals surface area contributed by atoms with Crippen molar-refractivity contribution in [3.8, 4) is 5.69 Å². The van der Waals surface area contributed by atoms with Gasteiger partial charge in [-0.1, -0.05) is 97.1 Å². The molecule has 11 rings (SSSR count). The molecule has 0 saturated carbocycles. The van der Waals surface area contributed by atoms with Crippen LogP contribution in [0.1, 0.15) is 0 Å². The van der Waals surface area contributed by atoms with E-state index in [0.717, 1.165) is 83.0 Å². The van der Waals surface area contributed by atoms with Crippen LogP contribution in [0.5, 0.6) is 0 Å². The lowest BCUT2D eigenvalue weighted by molar-refractivity contribution is 0.667. The number of hydrogen-bond acceptors (Lipinski definition) is 3. The average molecular weight is 641 g/mol. The van der Waals surface area contributed by atoms with Crippen LogP contribution in [-0.2, 0) is 0 Å². The Hall–Kier alpha value is -6.78. The van der Waals surface area contributed by atoms with E-state index in [4.69, 9.17) is 8.83 Å². The van der Waals surface area contributed by atoms with Gasteiger partial charge in [-0.25, -0.2) is 0 Å². The monoisotopic (exact) mass is 640 g/mol. The highest BCUT2D eigenvalue weighted by Crippen LogP contribution is 2.48. The summed E-state index contributed by atoms with van der Waals surface area (Å²) in [5.41, 5.74) is 9.84. The summed E-state index contributed by atoms with van der Waals surface area (Å²) in [5.74, 6) is 0. The Morgan fingerprint density at radius 1 is 0.400 bits per heavy atom. The molecule has 0 aliphatic heterocycles. The van der Waals surface area contributed by atoms with Gasteiger partial charge in [0.25, 0.3) is 0 Å². The van der Waals surface area contributed by atoms with Crippen molar-refractivity contribution in [2.75, 3.05) is 4.90 Å². The van der Waals surface area contributed by atoms with E-state index in [1.165, 1.54) is 16.2 Å². The third-order valence-corrected chi connectivity index (χ3v) is 10.1. The molecule has 0 saturated heterocycles. The third kappa shape index (κ3) is 3.87. The summed E-state index contributed by atoms with van der Waals surface area (Å²) < 4.78 is 15.6. The minimum atomic E-state index is 0.840. The van der Waals surface area contributed by atoms with Gasteiger partial charge in [0.2, 0.25) is 0 Å². The molecule has 4 heteroatoms. The van der Waals surface area contributed by atoms with Gasteiger partial charge in [-0.05, 0) is 77.5 Å². The molecule has 0 spiro atoms. The molecular weight excluding hydrogens is 613 g/mol. The van der Waals surface area contributed by atoms with E-state index in [1.54, 1.807) is 0 Å². The molecule has 8 aromatic carbocycles. The van der Waals surface area contributed by atoms with Gasteiger partial charge in [-0.2, -0.15) is 0 Å². The van der Waals surface area contributed by atoms with Crippen LogP contribution in [0.4, 0.5) is 17.1 Å². The van der Waals surface area contributed by atoms with Crippen LogP contribution in [0.3, 0.4) is 0 Å². The molecule has 0 aliphatic rings. The zero-order valence-corrected chi connectivity index (χ0v) is 26.9. The second-order valence-corrected chi connectivity index (χ2v) is 12.9. The molecule has 0 fully saturated rings. The Bertz CT molecular complexity index is 3110. The number of para-hydroxylation sites is 4. The quantitative estimate of drug-likeness (QED) is 0.192. The summed E-state index contributed by atoms with van der Waals surface area (Å²) in [4.78, 5) is 2.35. The fourth-order valence-corrected chi connectivity index (χ4v) is 7.95. The van der Waals surface area contributed by atoms with Gasteiger partial charge in [0.15, 0.2) is 5.58 Å². The number of benzene rings is 8. The van der Waals surface area contributed by atoms with Crippen LogP contribution in [-0.4, -0.2) is 4.57 Å². The lowest BCUT2D eigenvalue weighted by Gasteiger charge is -2.26. The molecule has 4 nitrogen and oxygen atoms in total. The molecule has 0 amide bonds. The predicted octanol–water partition coefficient (Wildman–Crippen LogP) is 13.2. The van der Waals surface area contributed by atoms with E-state index in [1.807, 2.05) is 24.3 Å². The van der Waals surface area contributed by atoms with Crippen LogP contribution < -0.4 is 4.90 Å². The Kier molecular flexibility index (Phi) is 5.63. The fourth-order valence-electron chi connectivity index (χ4n) is 7.95. The molecule has 0 aliphatic carbocycles. The summed E-state index contributed by atoms with van der Waals surface area (Å²) in [5, 5.41) is 9.15. The van der Waals surface area contributed by atoms with Crippen LogP contribution in [0.25, 0.3) is 82.1 Å². The third-order valence-electron chi connectivity index (χ3n) is 10.1. The largest absolute Gasteiger partial charge is 0.456 e. The van der Waals surface area contributed by atoms with Gasteiger partial charge >= 0.3 is 0 Å². The number of hydrogen-bond donors (Lipinski definition) is 0. The zero-order valence-electron chi connectivity index (χ0n) is 26.9. The average Bonchev–Trinajstić information content (AvgIpc) is 3.84.